The first kappa shape index (κ1) is 13.0. The molecule has 3 rings (SSSR count). The van der Waals surface area contributed by atoms with Gasteiger partial charge >= 0.3 is 0 Å². The minimum atomic E-state index is 0.128. The Hall–Kier alpha value is -2.02. The van der Waals surface area contributed by atoms with Crippen LogP contribution in [0.15, 0.2) is 54.6 Å². The molecule has 1 heteroatoms. The molecule has 0 saturated carbocycles. The SMILES string of the molecule is CC(C)(C)c1[nH]c2ccccc2c1Cc1ccccc1. The van der Waals surface area contributed by atoms with Gasteiger partial charge in [0.05, 0.1) is 0 Å². The summed E-state index contributed by atoms with van der Waals surface area (Å²) < 4.78 is 0. The van der Waals surface area contributed by atoms with Gasteiger partial charge in [-0.1, -0.05) is 69.3 Å². The van der Waals surface area contributed by atoms with Crippen LogP contribution in [0.1, 0.15) is 37.6 Å². The highest BCUT2D eigenvalue weighted by Crippen LogP contribution is 2.32. The van der Waals surface area contributed by atoms with E-state index < -0.39 is 0 Å². The molecule has 3 aromatic rings. The predicted octanol–water partition coefficient (Wildman–Crippen LogP) is 5.06. The molecule has 1 aromatic heterocycles. The van der Waals surface area contributed by atoms with Gasteiger partial charge in [-0.05, 0) is 23.6 Å². The number of aromatic nitrogens is 1. The third-order valence-corrected chi connectivity index (χ3v) is 3.79. The van der Waals surface area contributed by atoms with Crippen LogP contribution in [0.5, 0.6) is 0 Å². The first-order valence-corrected chi connectivity index (χ1v) is 7.20. The van der Waals surface area contributed by atoms with Crippen molar-refractivity contribution in [1.82, 2.24) is 4.98 Å². The molecule has 102 valence electrons. The summed E-state index contributed by atoms with van der Waals surface area (Å²) in [6.07, 6.45) is 0.984. The van der Waals surface area contributed by atoms with E-state index in [0.717, 1.165) is 6.42 Å². The van der Waals surface area contributed by atoms with E-state index >= 15 is 0 Å². The summed E-state index contributed by atoms with van der Waals surface area (Å²) in [5.74, 6) is 0. The quantitative estimate of drug-likeness (QED) is 0.665. The van der Waals surface area contributed by atoms with Crippen molar-refractivity contribution < 1.29 is 0 Å². The van der Waals surface area contributed by atoms with Gasteiger partial charge in [-0.2, -0.15) is 0 Å². The van der Waals surface area contributed by atoms with Gasteiger partial charge in [-0.25, -0.2) is 0 Å². The molecule has 0 amide bonds. The van der Waals surface area contributed by atoms with Gasteiger partial charge in [0.25, 0.3) is 0 Å². The molecule has 1 heterocycles. The maximum Gasteiger partial charge on any atom is 0.0459 e. The van der Waals surface area contributed by atoms with Crippen LogP contribution in [0, 0.1) is 0 Å². The standard InChI is InChI=1S/C19H21N/c1-19(2,3)18-16(13-14-9-5-4-6-10-14)15-11-7-8-12-17(15)20-18/h4-12,20H,13H2,1-3H3. The maximum absolute atomic E-state index is 3.62. The van der Waals surface area contributed by atoms with E-state index in [1.165, 1.54) is 27.7 Å². The lowest BCUT2D eigenvalue weighted by Crippen LogP contribution is -2.14. The molecule has 0 bridgehead atoms. The zero-order valence-corrected chi connectivity index (χ0v) is 12.4. The average molecular weight is 263 g/mol. The highest BCUT2D eigenvalue weighted by molar-refractivity contribution is 5.85. The minimum Gasteiger partial charge on any atom is -0.358 e. The normalized spacial score (nSPS) is 11.9. The topological polar surface area (TPSA) is 15.8 Å². The number of hydrogen-bond donors (Lipinski definition) is 1. The summed E-state index contributed by atoms with van der Waals surface area (Å²) in [6, 6.07) is 19.3. The lowest BCUT2D eigenvalue weighted by Gasteiger charge is -2.19. The monoisotopic (exact) mass is 263 g/mol. The van der Waals surface area contributed by atoms with E-state index in [-0.39, 0.29) is 5.41 Å². The molecule has 2 aromatic carbocycles. The molecule has 0 unspecified atom stereocenters. The number of para-hydroxylation sites is 1. The van der Waals surface area contributed by atoms with Crippen LogP contribution in [0.3, 0.4) is 0 Å². The Bertz CT molecular complexity index is 714. The van der Waals surface area contributed by atoms with Crippen molar-refractivity contribution in [3.63, 3.8) is 0 Å². The molecule has 0 saturated heterocycles. The Morgan fingerprint density at radius 1 is 0.850 bits per heavy atom. The van der Waals surface area contributed by atoms with Gasteiger partial charge in [0.15, 0.2) is 0 Å². The van der Waals surface area contributed by atoms with Crippen molar-refractivity contribution in [1.29, 1.82) is 0 Å². The van der Waals surface area contributed by atoms with Crippen LogP contribution in [0.2, 0.25) is 0 Å². The number of aromatic amines is 1. The Morgan fingerprint density at radius 3 is 2.20 bits per heavy atom. The van der Waals surface area contributed by atoms with Crippen LogP contribution >= 0.6 is 0 Å². The van der Waals surface area contributed by atoms with Crippen LogP contribution < -0.4 is 0 Å². The predicted molar refractivity (Wildman–Crippen MR) is 86.2 cm³/mol. The van der Waals surface area contributed by atoms with E-state index in [9.17, 15) is 0 Å². The summed E-state index contributed by atoms with van der Waals surface area (Å²) >= 11 is 0. The van der Waals surface area contributed by atoms with Crippen molar-refractivity contribution in [3.05, 3.63) is 71.4 Å². The maximum atomic E-state index is 3.62. The Balaban J connectivity index is 2.16. The van der Waals surface area contributed by atoms with Crippen LogP contribution in [-0.2, 0) is 11.8 Å². The van der Waals surface area contributed by atoms with Crippen molar-refractivity contribution >= 4 is 10.9 Å². The van der Waals surface area contributed by atoms with Gasteiger partial charge in [0.1, 0.15) is 0 Å². The molecule has 1 nitrogen and oxygen atoms in total. The van der Waals surface area contributed by atoms with Gasteiger partial charge in [0, 0.05) is 22.0 Å². The molecule has 0 atom stereocenters. The smallest absolute Gasteiger partial charge is 0.0459 e. The third-order valence-electron chi connectivity index (χ3n) is 3.79. The Labute approximate surface area is 120 Å². The van der Waals surface area contributed by atoms with E-state index in [1.54, 1.807) is 0 Å². The zero-order valence-electron chi connectivity index (χ0n) is 12.4. The fraction of sp³-hybridized carbons (Fsp3) is 0.263. The molecule has 1 N–H and O–H groups in total. The lowest BCUT2D eigenvalue weighted by atomic mass is 9.87. The number of fused-ring (bicyclic) bond motifs is 1. The van der Waals surface area contributed by atoms with Crippen molar-refractivity contribution in [2.24, 2.45) is 0 Å². The molecule has 0 aliphatic heterocycles. The summed E-state index contributed by atoms with van der Waals surface area (Å²) in [5, 5.41) is 1.35. The molecule has 0 aliphatic carbocycles. The summed E-state index contributed by atoms with van der Waals surface area (Å²) in [4.78, 5) is 3.62. The van der Waals surface area contributed by atoms with Crippen molar-refractivity contribution in [3.8, 4) is 0 Å². The van der Waals surface area contributed by atoms with E-state index in [2.05, 4.69) is 80.4 Å². The fourth-order valence-electron chi connectivity index (χ4n) is 2.82. The molecular weight excluding hydrogens is 242 g/mol. The van der Waals surface area contributed by atoms with Crippen LogP contribution in [0.25, 0.3) is 10.9 Å². The number of nitrogens with one attached hydrogen (secondary N) is 1. The minimum absolute atomic E-state index is 0.128. The average Bonchev–Trinajstić information content (AvgIpc) is 2.79. The van der Waals surface area contributed by atoms with Crippen LogP contribution in [-0.4, -0.2) is 4.98 Å². The first-order chi connectivity index (χ1) is 9.55. The lowest BCUT2D eigenvalue weighted by molar-refractivity contribution is 0.568. The van der Waals surface area contributed by atoms with Crippen molar-refractivity contribution in [2.75, 3.05) is 0 Å². The second-order valence-electron chi connectivity index (χ2n) is 6.44. The van der Waals surface area contributed by atoms with E-state index in [1.807, 2.05) is 0 Å². The molecular formula is C19H21N. The first-order valence-electron chi connectivity index (χ1n) is 7.20. The highest BCUT2D eigenvalue weighted by atomic mass is 14.7. The molecule has 20 heavy (non-hydrogen) atoms. The van der Waals surface area contributed by atoms with Gasteiger partial charge in [0.2, 0.25) is 0 Å². The van der Waals surface area contributed by atoms with Gasteiger partial charge < -0.3 is 4.98 Å². The largest absolute Gasteiger partial charge is 0.358 e. The second-order valence-corrected chi connectivity index (χ2v) is 6.44. The molecule has 0 radical (unpaired) electrons. The molecule has 0 aliphatic rings. The number of rotatable bonds is 2. The second kappa shape index (κ2) is 4.82. The van der Waals surface area contributed by atoms with Gasteiger partial charge in [-0.15, -0.1) is 0 Å². The Morgan fingerprint density at radius 2 is 1.50 bits per heavy atom. The summed E-state index contributed by atoms with van der Waals surface area (Å²) in [7, 11) is 0. The summed E-state index contributed by atoms with van der Waals surface area (Å²) in [5.41, 5.74) is 5.51. The molecule has 0 spiro atoms. The number of benzene rings is 2. The molecule has 0 fully saturated rings. The highest BCUT2D eigenvalue weighted by Gasteiger charge is 2.22. The third kappa shape index (κ3) is 2.36. The number of H-pyrrole nitrogens is 1. The van der Waals surface area contributed by atoms with Crippen LogP contribution in [0.4, 0.5) is 0 Å². The van der Waals surface area contributed by atoms with Gasteiger partial charge in [-0.3, -0.25) is 0 Å². The van der Waals surface area contributed by atoms with E-state index in [0.29, 0.717) is 0 Å². The Kier molecular flexibility index (Phi) is 3.13. The fourth-order valence-corrected chi connectivity index (χ4v) is 2.82. The van der Waals surface area contributed by atoms with E-state index in [4.69, 9.17) is 0 Å². The zero-order chi connectivity index (χ0) is 14.2. The van der Waals surface area contributed by atoms with Crippen molar-refractivity contribution in [2.45, 2.75) is 32.6 Å². The number of hydrogen-bond acceptors (Lipinski definition) is 0. The summed E-state index contributed by atoms with van der Waals surface area (Å²) in [6.45, 7) is 6.81.